The lowest BCUT2D eigenvalue weighted by Gasteiger charge is -2.10. The molecule has 194 valence electrons. The standard InChI is InChI=1S/C24H38O4.C6H5Cl/c1-3-5-7-9-11-15-19-27-23(25)21-17-13-14-18-22(21)24(26)28-20-16-12-10-8-6-4-2;7-6-4-2-1-3-5-6/h13-14,17-18H,3-12,15-16,19-20H2,1-2H3;1-5H. The first-order chi connectivity index (χ1) is 17.1. The molecule has 0 atom stereocenters. The van der Waals surface area contributed by atoms with Crippen LogP contribution in [0, 0.1) is 0 Å². The van der Waals surface area contributed by atoms with Crippen LogP contribution in [0.3, 0.4) is 0 Å². The summed E-state index contributed by atoms with van der Waals surface area (Å²) in [4.78, 5) is 24.7. The second-order valence-electron chi connectivity index (χ2n) is 8.65. The van der Waals surface area contributed by atoms with Crippen LogP contribution in [-0.2, 0) is 9.47 Å². The highest BCUT2D eigenvalue weighted by atomic mass is 35.5. The molecular formula is C30H43ClO4. The smallest absolute Gasteiger partial charge is 0.339 e. The van der Waals surface area contributed by atoms with Crippen molar-refractivity contribution in [1.29, 1.82) is 0 Å². The van der Waals surface area contributed by atoms with Gasteiger partial charge < -0.3 is 9.47 Å². The Hall–Kier alpha value is -2.33. The Morgan fingerprint density at radius 3 is 1.31 bits per heavy atom. The third-order valence-electron chi connectivity index (χ3n) is 5.56. The number of benzene rings is 2. The molecule has 0 bridgehead atoms. The summed E-state index contributed by atoms with van der Waals surface area (Å²) >= 11 is 5.54. The molecule has 0 radical (unpaired) electrons. The van der Waals surface area contributed by atoms with E-state index in [1.54, 1.807) is 24.3 Å². The second-order valence-corrected chi connectivity index (χ2v) is 9.08. The molecule has 0 N–H and O–H groups in total. The Morgan fingerprint density at radius 2 is 0.943 bits per heavy atom. The van der Waals surface area contributed by atoms with E-state index in [0.29, 0.717) is 24.3 Å². The normalized spacial score (nSPS) is 10.3. The van der Waals surface area contributed by atoms with Gasteiger partial charge in [-0.2, -0.15) is 0 Å². The molecule has 5 heteroatoms. The van der Waals surface area contributed by atoms with Crippen LogP contribution in [-0.4, -0.2) is 25.2 Å². The van der Waals surface area contributed by atoms with E-state index in [-0.39, 0.29) is 0 Å². The summed E-state index contributed by atoms with van der Waals surface area (Å²) < 4.78 is 10.7. The van der Waals surface area contributed by atoms with Crippen LogP contribution < -0.4 is 0 Å². The SMILES string of the molecule is CCCCCCCCOC(=O)c1ccccc1C(=O)OCCCCCCCC.Clc1ccccc1. The van der Waals surface area contributed by atoms with Crippen LogP contribution in [0.2, 0.25) is 5.02 Å². The van der Waals surface area contributed by atoms with Crippen LogP contribution >= 0.6 is 11.6 Å². The van der Waals surface area contributed by atoms with Gasteiger partial charge in [0.2, 0.25) is 0 Å². The Bertz CT molecular complexity index is 758. The van der Waals surface area contributed by atoms with E-state index < -0.39 is 11.9 Å². The van der Waals surface area contributed by atoms with Gasteiger partial charge in [0.1, 0.15) is 0 Å². The minimum Gasteiger partial charge on any atom is -0.462 e. The topological polar surface area (TPSA) is 52.6 Å². The molecule has 0 aliphatic rings. The van der Waals surface area contributed by atoms with Gasteiger partial charge in [0.15, 0.2) is 0 Å². The zero-order chi connectivity index (χ0) is 25.6. The molecule has 2 aromatic rings. The van der Waals surface area contributed by atoms with Crippen LogP contribution in [0.15, 0.2) is 54.6 Å². The quantitative estimate of drug-likeness (QED) is 0.169. The molecule has 0 spiro atoms. The van der Waals surface area contributed by atoms with E-state index in [4.69, 9.17) is 21.1 Å². The highest BCUT2D eigenvalue weighted by molar-refractivity contribution is 6.30. The van der Waals surface area contributed by atoms with Gasteiger partial charge in [0, 0.05) is 5.02 Å². The summed E-state index contributed by atoms with van der Waals surface area (Å²) in [6.07, 6.45) is 13.6. The van der Waals surface area contributed by atoms with Crippen molar-refractivity contribution in [3.8, 4) is 0 Å². The van der Waals surface area contributed by atoms with E-state index >= 15 is 0 Å². The van der Waals surface area contributed by atoms with Crippen molar-refractivity contribution in [1.82, 2.24) is 0 Å². The van der Waals surface area contributed by atoms with Crippen molar-refractivity contribution >= 4 is 23.5 Å². The van der Waals surface area contributed by atoms with E-state index in [1.807, 2.05) is 30.3 Å². The van der Waals surface area contributed by atoms with Crippen LogP contribution in [0.25, 0.3) is 0 Å². The zero-order valence-corrected chi connectivity index (χ0v) is 22.4. The van der Waals surface area contributed by atoms with Crippen molar-refractivity contribution in [3.05, 3.63) is 70.7 Å². The maximum Gasteiger partial charge on any atom is 0.339 e. The molecule has 0 heterocycles. The molecule has 0 aliphatic heterocycles. The third kappa shape index (κ3) is 15.3. The van der Waals surface area contributed by atoms with Crippen LogP contribution in [0.4, 0.5) is 0 Å². The summed E-state index contributed by atoms with van der Waals surface area (Å²) in [5.41, 5.74) is 0.586. The van der Waals surface area contributed by atoms with Gasteiger partial charge in [0.05, 0.1) is 24.3 Å². The largest absolute Gasteiger partial charge is 0.462 e. The van der Waals surface area contributed by atoms with Crippen molar-refractivity contribution in [3.63, 3.8) is 0 Å². The maximum atomic E-state index is 12.4. The predicted octanol–water partition coefficient (Wildman–Crippen LogP) is 9.06. The number of hydrogen-bond acceptors (Lipinski definition) is 4. The van der Waals surface area contributed by atoms with Crippen LogP contribution in [0.5, 0.6) is 0 Å². The van der Waals surface area contributed by atoms with Gasteiger partial charge >= 0.3 is 11.9 Å². The maximum absolute atomic E-state index is 12.4. The van der Waals surface area contributed by atoms with E-state index in [0.717, 1.165) is 30.7 Å². The van der Waals surface area contributed by atoms with E-state index in [9.17, 15) is 9.59 Å². The summed E-state index contributed by atoms with van der Waals surface area (Å²) in [5.74, 6) is -0.888. The molecule has 0 aliphatic carbocycles. The fourth-order valence-electron chi connectivity index (χ4n) is 3.50. The summed E-state index contributed by atoms with van der Waals surface area (Å²) in [6.45, 7) is 5.17. The molecule has 0 fully saturated rings. The minimum absolute atomic E-state index is 0.293. The van der Waals surface area contributed by atoms with E-state index in [1.165, 1.54) is 51.4 Å². The summed E-state index contributed by atoms with van der Waals surface area (Å²) in [7, 11) is 0. The Morgan fingerprint density at radius 1 is 0.571 bits per heavy atom. The molecule has 4 nitrogen and oxygen atoms in total. The molecule has 2 aromatic carbocycles. The van der Waals surface area contributed by atoms with Crippen molar-refractivity contribution < 1.29 is 19.1 Å². The first kappa shape index (κ1) is 30.7. The monoisotopic (exact) mass is 502 g/mol. The van der Waals surface area contributed by atoms with Gasteiger partial charge in [0.25, 0.3) is 0 Å². The number of hydrogen-bond donors (Lipinski definition) is 0. The zero-order valence-electron chi connectivity index (χ0n) is 21.6. The molecule has 35 heavy (non-hydrogen) atoms. The Labute approximate surface area is 217 Å². The average molecular weight is 503 g/mol. The van der Waals surface area contributed by atoms with Gasteiger partial charge in [-0.05, 0) is 37.1 Å². The Balaban J connectivity index is 0.000000744. The Kier molecular flexibility index (Phi) is 18.4. The fourth-order valence-corrected chi connectivity index (χ4v) is 3.65. The van der Waals surface area contributed by atoms with Crippen molar-refractivity contribution in [2.75, 3.05) is 13.2 Å². The highest BCUT2D eigenvalue weighted by Crippen LogP contribution is 2.14. The number of ether oxygens (including phenoxy) is 2. The lowest BCUT2D eigenvalue weighted by molar-refractivity contribution is 0.0450. The fraction of sp³-hybridized carbons (Fsp3) is 0.533. The van der Waals surface area contributed by atoms with Crippen molar-refractivity contribution in [2.24, 2.45) is 0 Å². The molecular weight excluding hydrogens is 460 g/mol. The van der Waals surface area contributed by atoms with E-state index in [2.05, 4.69) is 13.8 Å². The van der Waals surface area contributed by atoms with Gasteiger partial charge in [-0.3, -0.25) is 0 Å². The molecule has 0 amide bonds. The number of carbonyl (C=O) groups excluding carboxylic acids is 2. The highest BCUT2D eigenvalue weighted by Gasteiger charge is 2.18. The molecule has 2 rings (SSSR count). The van der Waals surface area contributed by atoms with Crippen molar-refractivity contribution in [2.45, 2.75) is 90.9 Å². The lowest BCUT2D eigenvalue weighted by atomic mass is 10.1. The third-order valence-corrected chi connectivity index (χ3v) is 5.81. The molecule has 0 saturated carbocycles. The minimum atomic E-state index is -0.444. The van der Waals surface area contributed by atoms with Crippen LogP contribution in [0.1, 0.15) is 112 Å². The number of unbranched alkanes of at least 4 members (excludes halogenated alkanes) is 10. The first-order valence-electron chi connectivity index (χ1n) is 13.2. The number of esters is 2. The summed E-state index contributed by atoms with van der Waals surface area (Å²) in [6, 6.07) is 16.2. The number of rotatable bonds is 16. The van der Waals surface area contributed by atoms with Gasteiger partial charge in [-0.15, -0.1) is 0 Å². The lowest BCUT2D eigenvalue weighted by Crippen LogP contribution is -2.15. The first-order valence-corrected chi connectivity index (χ1v) is 13.6. The number of carbonyl (C=O) groups is 2. The van der Waals surface area contributed by atoms with Gasteiger partial charge in [-0.1, -0.05) is 120 Å². The van der Waals surface area contributed by atoms with Gasteiger partial charge in [-0.25, -0.2) is 9.59 Å². The molecule has 0 aromatic heterocycles. The molecule has 0 saturated heterocycles. The average Bonchev–Trinajstić information content (AvgIpc) is 2.88. The molecule has 0 unspecified atom stereocenters. The summed E-state index contributed by atoms with van der Waals surface area (Å²) in [5, 5.41) is 0.794. The number of halogens is 1. The second kappa shape index (κ2) is 21.0. The predicted molar refractivity (Wildman–Crippen MR) is 145 cm³/mol.